The number of carbonyl (C=O) groups excluding carboxylic acids is 3. The largest absolute Gasteiger partial charge is 0.489 e. The van der Waals surface area contributed by atoms with Crippen LogP contribution in [0.2, 0.25) is 0 Å². The first-order valence-corrected chi connectivity index (χ1v) is 10.8. The van der Waals surface area contributed by atoms with Crippen molar-refractivity contribution in [3.05, 3.63) is 60.2 Å². The van der Waals surface area contributed by atoms with E-state index in [1.54, 1.807) is 0 Å². The van der Waals surface area contributed by atoms with Gasteiger partial charge in [-0.25, -0.2) is 0 Å². The molecule has 0 aromatic heterocycles. The number of hydrogen-bond donors (Lipinski definition) is 2. The van der Waals surface area contributed by atoms with Gasteiger partial charge < -0.3 is 25.0 Å². The molecule has 1 heterocycles. The first kappa shape index (κ1) is 23.1. The lowest BCUT2D eigenvalue weighted by Gasteiger charge is -2.34. The molecule has 1 aliphatic heterocycles. The third kappa shape index (κ3) is 6.73. The summed E-state index contributed by atoms with van der Waals surface area (Å²) in [6.07, 6.45) is 0.552. The van der Waals surface area contributed by atoms with Crippen molar-refractivity contribution in [2.75, 3.05) is 31.6 Å². The highest BCUT2D eigenvalue weighted by atomic mass is 16.5. The summed E-state index contributed by atoms with van der Waals surface area (Å²) in [4.78, 5) is 38.4. The maximum absolute atomic E-state index is 12.8. The maximum atomic E-state index is 12.8. The Morgan fingerprint density at radius 3 is 2.59 bits per heavy atom. The number of piperazine rings is 1. The molecule has 32 heavy (non-hydrogen) atoms. The number of ether oxygens (including phenoxy) is 2. The molecule has 2 amide bonds. The zero-order valence-corrected chi connectivity index (χ0v) is 18.2. The summed E-state index contributed by atoms with van der Waals surface area (Å²) in [5.74, 6) is -0.342. The molecule has 1 saturated heterocycles. The summed E-state index contributed by atoms with van der Waals surface area (Å²) in [6, 6.07) is 16.4. The van der Waals surface area contributed by atoms with E-state index in [1.165, 1.54) is 4.90 Å². The summed E-state index contributed by atoms with van der Waals surface area (Å²) in [5, 5.41) is 5.78. The van der Waals surface area contributed by atoms with Crippen LogP contribution in [0.25, 0.3) is 0 Å². The quantitative estimate of drug-likeness (QED) is 0.552. The third-order valence-electron chi connectivity index (χ3n) is 5.02. The Hall–Kier alpha value is -3.55. The molecule has 1 unspecified atom stereocenters. The predicted molar refractivity (Wildman–Crippen MR) is 120 cm³/mol. The molecule has 0 saturated carbocycles. The van der Waals surface area contributed by atoms with Gasteiger partial charge in [0, 0.05) is 18.8 Å². The lowest BCUT2D eigenvalue weighted by atomic mass is 10.1. The van der Waals surface area contributed by atoms with Gasteiger partial charge in [-0.2, -0.15) is 0 Å². The molecule has 2 aromatic carbocycles. The van der Waals surface area contributed by atoms with E-state index in [0.717, 1.165) is 17.0 Å². The first-order valence-electron chi connectivity index (χ1n) is 10.8. The van der Waals surface area contributed by atoms with Crippen molar-refractivity contribution < 1.29 is 23.9 Å². The monoisotopic (exact) mass is 439 g/mol. The number of esters is 1. The highest BCUT2D eigenvalue weighted by Gasteiger charge is 2.34. The van der Waals surface area contributed by atoms with E-state index >= 15 is 0 Å². The lowest BCUT2D eigenvalue weighted by Crippen LogP contribution is -2.58. The number of anilines is 1. The van der Waals surface area contributed by atoms with E-state index in [1.807, 2.05) is 61.5 Å². The molecule has 0 spiro atoms. The van der Waals surface area contributed by atoms with E-state index in [0.29, 0.717) is 32.7 Å². The fourth-order valence-corrected chi connectivity index (χ4v) is 3.34. The smallest absolute Gasteiger partial charge is 0.308 e. The second-order valence-corrected chi connectivity index (χ2v) is 7.47. The number of nitrogens with one attached hydrogen (secondary N) is 2. The van der Waals surface area contributed by atoms with Crippen molar-refractivity contribution in [2.45, 2.75) is 32.4 Å². The van der Waals surface area contributed by atoms with Crippen LogP contribution in [0, 0.1) is 0 Å². The Kier molecular flexibility index (Phi) is 8.48. The predicted octanol–water partition coefficient (Wildman–Crippen LogP) is 2.35. The second kappa shape index (κ2) is 11.7. The molecule has 170 valence electrons. The van der Waals surface area contributed by atoms with Gasteiger partial charge in [0.05, 0.1) is 19.6 Å². The van der Waals surface area contributed by atoms with Crippen molar-refractivity contribution in [2.24, 2.45) is 0 Å². The first-order chi connectivity index (χ1) is 15.6. The van der Waals surface area contributed by atoms with Gasteiger partial charge in [-0.1, -0.05) is 37.3 Å². The Balaban J connectivity index is 1.50. The Morgan fingerprint density at radius 2 is 1.88 bits per heavy atom. The molecule has 8 heteroatoms. The number of rotatable bonds is 10. The zero-order chi connectivity index (χ0) is 22.8. The van der Waals surface area contributed by atoms with Gasteiger partial charge in [-0.3, -0.25) is 14.4 Å². The molecule has 0 aliphatic carbocycles. The van der Waals surface area contributed by atoms with Crippen molar-refractivity contribution in [1.82, 2.24) is 10.2 Å². The van der Waals surface area contributed by atoms with Crippen LogP contribution >= 0.6 is 0 Å². The lowest BCUT2D eigenvalue weighted by molar-refractivity contribution is -0.151. The number of nitrogens with zero attached hydrogens (tertiary/aromatic N) is 1. The van der Waals surface area contributed by atoms with Gasteiger partial charge >= 0.3 is 5.97 Å². The van der Waals surface area contributed by atoms with Crippen molar-refractivity contribution in [3.63, 3.8) is 0 Å². The van der Waals surface area contributed by atoms with E-state index in [2.05, 4.69) is 10.6 Å². The molecule has 8 nitrogen and oxygen atoms in total. The highest BCUT2D eigenvalue weighted by Crippen LogP contribution is 2.17. The third-order valence-corrected chi connectivity index (χ3v) is 5.02. The molecule has 0 bridgehead atoms. The standard InChI is InChI=1S/C24H29N3O5/c1-2-14-31-23(29)15-21-24(30)25-12-13-27(21)22(28)16-26-19-8-10-20(11-9-19)32-17-18-6-4-3-5-7-18/h3-11,21,26H,2,12-17H2,1H3,(H,25,30). The van der Waals surface area contributed by atoms with Gasteiger partial charge in [-0.15, -0.1) is 0 Å². The molecule has 2 N–H and O–H groups in total. The van der Waals surface area contributed by atoms with Crippen molar-refractivity contribution in [1.29, 1.82) is 0 Å². The molecule has 3 rings (SSSR count). The van der Waals surface area contributed by atoms with Crippen LogP contribution in [0.4, 0.5) is 5.69 Å². The average molecular weight is 440 g/mol. The van der Waals surface area contributed by atoms with E-state index < -0.39 is 12.0 Å². The Labute approximate surface area is 187 Å². The van der Waals surface area contributed by atoms with Gasteiger partial charge in [-0.05, 0) is 36.2 Å². The minimum absolute atomic E-state index is 0.0119. The molecule has 2 aromatic rings. The fraction of sp³-hybridized carbons (Fsp3) is 0.375. The summed E-state index contributed by atoms with van der Waals surface area (Å²) in [6.45, 7) is 3.39. The topological polar surface area (TPSA) is 97.0 Å². The van der Waals surface area contributed by atoms with Gasteiger partial charge in [0.1, 0.15) is 18.4 Å². The molecule has 1 aliphatic rings. The molecule has 1 fully saturated rings. The van der Waals surface area contributed by atoms with Crippen LogP contribution in [0.1, 0.15) is 25.3 Å². The molecule has 1 atom stereocenters. The van der Waals surface area contributed by atoms with Gasteiger partial charge in [0.15, 0.2) is 0 Å². The Morgan fingerprint density at radius 1 is 1.12 bits per heavy atom. The van der Waals surface area contributed by atoms with Crippen molar-refractivity contribution >= 4 is 23.5 Å². The highest BCUT2D eigenvalue weighted by molar-refractivity contribution is 5.93. The molecular weight excluding hydrogens is 410 g/mol. The molecular formula is C24H29N3O5. The van der Waals surface area contributed by atoms with E-state index in [9.17, 15) is 14.4 Å². The summed E-state index contributed by atoms with van der Waals surface area (Å²) >= 11 is 0. The minimum atomic E-state index is -0.851. The van der Waals surface area contributed by atoms with Crippen LogP contribution in [0.15, 0.2) is 54.6 Å². The number of carbonyl (C=O) groups is 3. The number of benzene rings is 2. The number of amides is 2. The molecule has 0 radical (unpaired) electrons. The number of hydrogen-bond acceptors (Lipinski definition) is 6. The normalized spacial score (nSPS) is 15.6. The van der Waals surface area contributed by atoms with Crippen LogP contribution in [-0.2, 0) is 25.7 Å². The zero-order valence-electron chi connectivity index (χ0n) is 18.2. The summed E-state index contributed by atoms with van der Waals surface area (Å²) < 4.78 is 10.8. The summed E-state index contributed by atoms with van der Waals surface area (Å²) in [5.41, 5.74) is 1.84. The summed E-state index contributed by atoms with van der Waals surface area (Å²) in [7, 11) is 0. The van der Waals surface area contributed by atoms with Crippen LogP contribution in [-0.4, -0.2) is 55.0 Å². The van der Waals surface area contributed by atoms with Crippen molar-refractivity contribution in [3.8, 4) is 5.75 Å². The maximum Gasteiger partial charge on any atom is 0.308 e. The van der Waals surface area contributed by atoms with Crippen LogP contribution in [0.3, 0.4) is 0 Å². The Bertz CT molecular complexity index is 902. The SMILES string of the molecule is CCCOC(=O)CC1C(=O)NCCN1C(=O)CNc1ccc(OCc2ccccc2)cc1. The fourth-order valence-electron chi connectivity index (χ4n) is 3.34. The average Bonchev–Trinajstić information content (AvgIpc) is 2.82. The van der Waals surface area contributed by atoms with E-state index in [-0.39, 0.29) is 24.8 Å². The minimum Gasteiger partial charge on any atom is -0.489 e. The second-order valence-electron chi connectivity index (χ2n) is 7.47. The van der Waals surface area contributed by atoms with Crippen LogP contribution in [0.5, 0.6) is 5.75 Å². The van der Waals surface area contributed by atoms with Gasteiger partial charge in [0.25, 0.3) is 0 Å². The van der Waals surface area contributed by atoms with Crippen LogP contribution < -0.4 is 15.4 Å². The van der Waals surface area contributed by atoms with E-state index in [4.69, 9.17) is 9.47 Å². The van der Waals surface area contributed by atoms with Gasteiger partial charge in [0.2, 0.25) is 11.8 Å².